The molecule has 10 heteroatoms. The fraction of sp³-hybridized carbons (Fsp3) is 0.261. The van der Waals surface area contributed by atoms with Gasteiger partial charge >= 0.3 is 12.4 Å². The normalized spacial score (nSPS) is 15.6. The maximum absolute atomic E-state index is 12.9. The van der Waals surface area contributed by atoms with Gasteiger partial charge in [-0.2, -0.15) is 26.3 Å². The standard InChI is InChI=1S/C23H19F6NO2S/c24-22(25,26)18-8-4-16(5-9-18)20(17-6-10-19(11-7-17)23(27,28)29)2-1-3-21(31)30-12-14-33(32)15-13-30/h1-11H,12-15H2. The Kier molecular flexibility index (Phi) is 7.46. The molecule has 0 aliphatic carbocycles. The summed E-state index contributed by atoms with van der Waals surface area (Å²) in [7, 11) is -0.947. The summed E-state index contributed by atoms with van der Waals surface area (Å²) in [5.41, 5.74) is -0.680. The van der Waals surface area contributed by atoms with Gasteiger partial charge in [-0.15, -0.1) is 0 Å². The number of allylic oxidation sites excluding steroid dienone is 2. The van der Waals surface area contributed by atoms with Gasteiger partial charge in [0.1, 0.15) is 0 Å². The van der Waals surface area contributed by atoms with Crippen molar-refractivity contribution in [2.24, 2.45) is 0 Å². The van der Waals surface area contributed by atoms with Crippen LogP contribution in [0.2, 0.25) is 0 Å². The van der Waals surface area contributed by atoms with Crippen molar-refractivity contribution < 1.29 is 35.3 Å². The Labute approximate surface area is 188 Å². The average molecular weight is 487 g/mol. The monoisotopic (exact) mass is 487 g/mol. The van der Waals surface area contributed by atoms with Crippen molar-refractivity contribution in [3.63, 3.8) is 0 Å². The molecule has 1 amide bonds. The van der Waals surface area contributed by atoms with E-state index in [1.54, 1.807) is 0 Å². The molecule has 176 valence electrons. The molecule has 1 aliphatic heterocycles. The van der Waals surface area contributed by atoms with Crippen LogP contribution in [0, 0.1) is 0 Å². The maximum Gasteiger partial charge on any atom is 0.416 e. The smallest absolute Gasteiger partial charge is 0.337 e. The van der Waals surface area contributed by atoms with E-state index < -0.39 is 34.3 Å². The second-order valence-electron chi connectivity index (χ2n) is 7.26. The zero-order valence-corrected chi connectivity index (χ0v) is 17.9. The summed E-state index contributed by atoms with van der Waals surface area (Å²) in [6.45, 7) is 0.703. The van der Waals surface area contributed by atoms with Crippen LogP contribution in [0.1, 0.15) is 22.3 Å². The molecule has 0 radical (unpaired) electrons. The number of carbonyl (C=O) groups excluding carboxylic acids is 1. The van der Waals surface area contributed by atoms with Crippen molar-refractivity contribution in [1.29, 1.82) is 0 Å². The summed E-state index contributed by atoms with van der Waals surface area (Å²) in [4.78, 5) is 13.9. The molecule has 0 saturated carbocycles. The zero-order chi connectivity index (χ0) is 24.2. The molecule has 0 bridgehead atoms. The van der Waals surface area contributed by atoms with Gasteiger partial charge in [0.2, 0.25) is 5.91 Å². The number of nitrogens with zero attached hydrogens (tertiary/aromatic N) is 1. The molecule has 3 nitrogen and oxygen atoms in total. The van der Waals surface area contributed by atoms with E-state index in [1.165, 1.54) is 47.4 Å². The lowest BCUT2D eigenvalue weighted by atomic mass is 9.95. The van der Waals surface area contributed by atoms with E-state index in [2.05, 4.69) is 0 Å². The summed E-state index contributed by atoms with van der Waals surface area (Å²) in [5.74, 6) is 0.456. The molecule has 0 spiro atoms. The quantitative estimate of drug-likeness (QED) is 0.333. The van der Waals surface area contributed by atoms with Crippen LogP contribution in [0.4, 0.5) is 26.3 Å². The largest absolute Gasteiger partial charge is 0.416 e. The second-order valence-corrected chi connectivity index (χ2v) is 8.96. The summed E-state index contributed by atoms with van der Waals surface area (Å²) in [5, 5.41) is 0. The second kappa shape index (κ2) is 9.94. The molecule has 3 rings (SSSR count). The number of benzene rings is 2. The maximum atomic E-state index is 12.9. The molecule has 1 saturated heterocycles. The fourth-order valence-electron chi connectivity index (χ4n) is 3.23. The van der Waals surface area contributed by atoms with Gasteiger partial charge < -0.3 is 4.90 Å². The lowest BCUT2D eigenvalue weighted by Crippen LogP contribution is -2.40. The first kappa shape index (κ1) is 24.8. The minimum Gasteiger partial charge on any atom is -0.337 e. The molecule has 2 aromatic rings. The number of alkyl halides is 6. The Morgan fingerprint density at radius 3 is 1.61 bits per heavy atom. The highest BCUT2D eigenvalue weighted by atomic mass is 32.2. The van der Waals surface area contributed by atoms with Gasteiger partial charge in [0.15, 0.2) is 0 Å². The van der Waals surface area contributed by atoms with Crippen LogP contribution < -0.4 is 0 Å². The Bertz CT molecular complexity index is 1000. The molecule has 2 aromatic carbocycles. The van der Waals surface area contributed by atoms with Crippen LogP contribution >= 0.6 is 0 Å². The van der Waals surface area contributed by atoms with E-state index in [1.807, 2.05) is 0 Å². The fourth-order valence-corrected chi connectivity index (χ4v) is 4.28. The number of amides is 1. The highest BCUT2D eigenvalue weighted by Gasteiger charge is 2.31. The third kappa shape index (κ3) is 6.56. The number of rotatable bonds is 4. The molecular weight excluding hydrogens is 468 g/mol. The van der Waals surface area contributed by atoms with Crippen LogP contribution in [0.3, 0.4) is 0 Å². The van der Waals surface area contributed by atoms with Gasteiger partial charge in [0, 0.05) is 41.5 Å². The van der Waals surface area contributed by atoms with Crippen LogP contribution in [-0.4, -0.2) is 39.6 Å². The van der Waals surface area contributed by atoms with E-state index in [-0.39, 0.29) is 5.91 Å². The van der Waals surface area contributed by atoms with Gasteiger partial charge in [-0.05, 0) is 41.0 Å². The Morgan fingerprint density at radius 2 is 1.21 bits per heavy atom. The summed E-state index contributed by atoms with van der Waals surface area (Å²) in [6.07, 6.45) is -4.92. The molecule has 1 heterocycles. The highest BCUT2D eigenvalue weighted by Crippen LogP contribution is 2.33. The van der Waals surface area contributed by atoms with Crippen LogP contribution in [0.15, 0.2) is 66.8 Å². The van der Waals surface area contributed by atoms with Crippen molar-refractivity contribution in [3.05, 3.63) is 89.0 Å². The molecule has 0 unspecified atom stereocenters. The molecule has 33 heavy (non-hydrogen) atoms. The first-order valence-corrected chi connectivity index (χ1v) is 11.3. The van der Waals surface area contributed by atoms with E-state index in [4.69, 9.17) is 0 Å². The lowest BCUT2D eigenvalue weighted by Gasteiger charge is -2.24. The van der Waals surface area contributed by atoms with Crippen LogP contribution in [0.25, 0.3) is 5.57 Å². The number of halogens is 6. The minimum absolute atomic E-state index is 0.317. The van der Waals surface area contributed by atoms with E-state index >= 15 is 0 Å². The molecule has 0 N–H and O–H groups in total. The van der Waals surface area contributed by atoms with Gasteiger partial charge in [0.05, 0.1) is 11.1 Å². The zero-order valence-electron chi connectivity index (χ0n) is 17.1. The van der Waals surface area contributed by atoms with Crippen molar-refractivity contribution in [2.45, 2.75) is 12.4 Å². The molecule has 0 atom stereocenters. The SMILES string of the molecule is O=C(C=CC=C(c1ccc(C(F)(F)F)cc1)c1ccc(C(F)(F)F)cc1)N1CCS(=O)CC1. The minimum atomic E-state index is -4.53. The Morgan fingerprint density at radius 1 is 0.788 bits per heavy atom. The van der Waals surface area contributed by atoms with Gasteiger partial charge in [0.25, 0.3) is 0 Å². The summed E-state index contributed by atoms with van der Waals surface area (Å²) < 4.78 is 88.8. The van der Waals surface area contributed by atoms with Crippen molar-refractivity contribution in [1.82, 2.24) is 4.90 Å². The van der Waals surface area contributed by atoms with Crippen LogP contribution in [-0.2, 0) is 27.9 Å². The predicted molar refractivity (Wildman–Crippen MR) is 114 cm³/mol. The highest BCUT2D eigenvalue weighted by molar-refractivity contribution is 7.85. The van der Waals surface area contributed by atoms with E-state index in [0.29, 0.717) is 41.3 Å². The van der Waals surface area contributed by atoms with Gasteiger partial charge in [-0.25, -0.2) is 0 Å². The number of carbonyl (C=O) groups is 1. The topological polar surface area (TPSA) is 37.4 Å². The molecular formula is C23H19F6NO2S. The van der Waals surface area contributed by atoms with E-state index in [9.17, 15) is 35.3 Å². The number of hydrogen-bond acceptors (Lipinski definition) is 2. The number of hydrogen-bond donors (Lipinski definition) is 0. The average Bonchev–Trinajstić information content (AvgIpc) is 2.76. The molecule has 0 aromatic heterocycles. The Balaban J connectivity index is 1.91. The first-order valence-electron chi connectivity index (χ1n) is 9.82. The Hall–Kier alpha value is -2.88. The first-order chi connectivity index (χ1) is 15.4. The van der Waals surface area contributed by atoms with Crippen molar-refractivity contribution in [2.75, 3.05) is 24.6 Å². The van der Waals surface area contributed by atoms with Gasteiger partial charge in [-0.1, -0.05) is 36.4 Å². The van der Waals surface area contributed by atoms with Gasteiger partial charge in [-0.3, -0.25) is 9.00 Å². The summed E-state index contributed by atoms with van der Waals surface area (Å²) >= 11 is 0. The van der Waals surface area contributed by atoms with Crippen LogP contribution in [0.5, 0.6) is 0 Å². The molecule has 1 fully saturated rings. The lowest BCUT2D eigenvalue weighted by molar-refractivity contribution is -0.138. The summed E-state index contributed by atoms with van der Waals surface area (Å²) in [6, 6.07) is 8.44. The van der Waals surface area contributed by atoms with E-state index in [0.717, 1.165) is 24.3 Å². The third-order valence-corrected chi connectivity index (χ3v) is 6.31. The van der Waals surface area contributed by atoms with Crippen molar-refractivity contribution >= 4 is 22.3 Å². The van der Waals surface area contributed by atoms with Crippen molar-refractivity contribution in [3.8, 4) is 0 Å². The third-order valence-electron chi connectivity index (χ3n) is 5.04. The molecule has 1 aliphatic rings. The predicted octanol–water partition coefficient (Wildman–Crippen LogP) is 5.30.